The van der Waals surface area contributed by atoms with Crippen LogP contribution in [0.5, 0.6) is 5.75 Å². The lowest BCUT2D eigenvalue weighted by atomic mass is 10.1. The van der Waals surface area contributed by atoms with Crippen LogP contribution >= 0.6 is 0 Å². The largest absolute Gasteiger partial charge is 0.497 e. The van der Waals surface area contributed by atoms with Gasteiger partial charge in [0.1, 0.15) is 11.6 Å². The van der Waals surface area contributed by atoms with Crippen molar-refractivity contribution in [2.45, 2.75) is 27.4 Å². The zero-order valence-corrected chi connectivity index (χ0v) is 18.9. The molecule has 1 aromatic heterocycles. The van der Waals surface area contributed by atoms with E-state index in [2.05, 4.69) is 9.56 Å². The normalized spacial score (nSPS) is 10.7. The number of aliphatic imine (C=N–C) groups is 1. The average molecular weight is 425 g/mol. The van der Waals surface area contributed by atoms with Gasteiger partial charge in [0.15, 0.2) is 5.78 Å². The molecule has 6 heteroatoms. The number of carbonyl (C=O) groups excluding carboxylic acids is 1. The molecular formula is C25H29FN2O3. The maximum Gasteiger partial charge on any atom is 0.162 e. The van der Waals surface area contributed by atoms with Crippen molar-refractivity contribution in [3.05, 3.63) is 82.4 Å². The highest BCUT2D eigenvalue weighted by atomic mass is 19.1. The van der Waals surface area contributed by atoms with E-state index in [9.17, 15) is 9.18 Å². The molecule has 164 valence electrons. The third-order valence-electron chi connectivity index (χ3n) is 4.84. The van der Waals surface area contributed by atoms with Crippen LogP contribution in [0.3, 0.4) is 0 Å². The number of aromatic nitrogens is 1. The first-order chi connectivity index (χ1) is 14.8. The number of rotatable bonds is 6. The molecule has 2 aromatic carbocycles. The van der Waals surface area contributed by atoms with Crippen LogP contribution in [-0.2, 0) is 11.3 Å². The first-order valence-corrected chi connectivity index (χ1v) is 9.86. The summed E-state index contributed by atoms with van der Waals surface area (Å²) in [7, 11) is 4.97. The summed E-state index contributed by atoms with van der Waals surface area (Å²) in [6, 6.07) is 14.1. The second kappa shape index (κ2) is 11.2. The summed E-state index contributed by atoms with van der Waals surface area (Å²) in [5.41, 5.74) is 5.48. The summed E-state index contributed by atoms with van der Waals surface area (Å²) in [5, 5.41) is 0. The fourth-order valence-electron chi connectivity index (χ4n) is 3.48. The van der Waals surface area contributed by atoms with Crippen molar-refractivity contribution in [3.63, 3.8) is 0 Å². The Morgan fingerprint density at radius 1 is 1.10 bits per heavy atom. The number of hydrogen-bond donors (Lipinski definition) is 0. The van der Waals surface area contributed by atoms with E-state index in [1.54, 1.807) is 46.5 Å². The van der Waals surface area contributed by atoms with Gasteiger partial charge in [0.05, 0.1) is 13.7 Å². The van der Waals surface area contributed by atoms with Gasteiger partial charge in [0, 0.05) is 54.6 Å². The van der Waals surface area contributed by atoms with Crippen LogP contribution in [-0.4, -0.2) is 37.8 Å². The lowest BCUT2D eigenvalue weighted by molar-refractivity contribution is 0.101. The summed E-state index contributed by atoms with van der Waals surface area (Å²) >= 11 is 0. The number of Topliss-reactive ketones (excluding diaryl/α,β-unsaturated/α-hetero) is 1. The van der Waals surface area contributed by atoms with E-state index in [0.29, 0.717) is 6.61 Å². The Kier molecular flexibility index (Phi) is 8.70. The molecule has 0 saturated carbocycles. The van der Waals surface area contributed by atoms with Crippen LogP contribution < -0.4 is 4.74 Å². The number of halogens is 1. The standard InChI is InChI=1S/C17H20N2O2.C8H9FO/c1-11-16(10-18-4)17(13(3)20)12(2)19(11)14-7-6-8-15(9-14)21-5;1-10-6-7-2-4-8(9)5-3-7/h6-10H,1-5H3;2-5H,6H2,1H3. The van der Waals surface area contributed by atoms with Crippen molar-refractivity contribution in [1.29, 1.82) is 0 Å². The minimum absolute atomic E-state index is 0.0483. The molecule has 0 radical (unpaired) electrons. The van der Waals surface area contributed by atoms with Gasteiger partial charge in [0.2, 0.25) is 0 Å². The molecule has 5 nitrogen and oxygen atoms in total. The topological polar surface area (TPSA) is 52.8 Å². The van der Waals surface area contributed by atoms with Crippen molar-refractivity contribution in [3.8, 4) is 11.4 Å². The van der Waals surface area contributed by atoms with Gasteiger partial charge >= 0.3 is 0 Å². The summed E-state index contributed by atoms with van der Waals surface area (Å²) < 4.78 is 24.5. The molecule has 31 heavy (non-hydrogen) atoms. The first-order valence-electron chi connectivity index (χ1n) is 9.86. The molecule has 0 spiro atoms. The van der Waals surface area contributed by atoms with Crippen molar-refractivity contribution in [2.24, 2.45) is 4.99 Å². The van der Waals surface area contributed by atoms with E-state index >= 15 is 0 Å². The Bertz CT molecular complexity index is 1050. The van der Waals surface area contributed by atoms with Gasteiger partial charge in [-0.05, 0) is 50.6 Å². The van der Waals surface area contributed by atoms with Crippen LogP contribution in [0.25, 0.3) is 5.69 Å². The zero-order valence-electron chi connectivity index (χ0n) is 18.9. The summed E-state index contributed by atoms with van der Waals surface area (Å²) in [6.45, 7) is 6.08. The molecule has 0 fully saturated rings. The van der Waals surface area contributed by atoms with Crippen molar-refractivity contribution in [1.82, 2.24) is 4.57 Å². The average Bonchev–Trinajstić information content (AvgIpc) is 3.00. The monoisotopic (exact) mass is 424 g/mol. The molecule has 0 amide bonds. The van der Waals surface area contributed by atoms with Crippen molar-refractivity contribution < 1.29 is 18.7 Å². The van der Waals surface area contributed by atoms with Gasteiger partial charge < -0.3 is 14.0 Å². The number of benzene rings is 2. The minimum atomic E-state index is -0.208. The van der Waals surface area contributed by atoms with Gasteiger partial charge in [0.25, 0.3) is 0 Å². The molecule has 0 aliphatic heterocycles. The van der Waals surface area contributed by atoms with Crippen LogP contribution in [0.4, 0.5) is 4.39 Å². The molecule has 0 N–H and O–H groups in total. The fraction of sp³-hybridized carbons (Fsp3) is 0.280. The smallest absolute Gasteiger partial charge is 0.162 e. The molecule has 0 aliphatic carbocycles. The number of methoxy groups -OCH3 is 2. The van der Waals surface area contributed by atoms with Gasteiger partial charge in [-0.25, -0.2) is 4.39 Å². The maximum absolute atomic E-state index is 12.3. The number of ketones is 1. The fourth-order valence-corrected chi connectivity index (χ4v) is 3.48. The van der Waals surface area contributed by atoms with E-state index < -0.39 is 0 Å². The lowest BCUT2D eigenvalue weighted by Gasteiger charge is -2.11. The van der Waals surface area contributed by atoms with Crippen LogP contribution in [0.15, 0.2) is 53.5 Å². The Morgan fingerprint density at radius 3 is 2.32 bits per heavy atom. The van der Waals surface area contributed by atoms with Crippen LogP contribution in [0.2, 0.25) is 0 Å². The van der Waals surface area contributed by atoms with Crippen LogP contribution in [0, 0.1) is 19.7 Å². The maximum atomic E-state index is 12.3. The second-order valence-electron chi connectivity index (χ2n) is 7.00. The Labute approximate surface area is 183 Å². The highest BCUT2D eigenvalue weighted by molar-refractivity contribution is 6.04. The minimum Gasteiger partial charge on any atom is -0.497 e. The zero-order chi connectivity index (χ0) is 23.0. The molecule has 0 bridgehead atoms. The Balaban J connectivity index is 0.000000285. The second-order valence-corrected chi connectivity index (χ2v) is 7.00. The van der Waals surface area contributed by atoms with E-state index in [1.807, 2.05) is 38.1 Å². The molecule has 0 unspecified atom stereocenters. The van der Waals surface area contributed by atoms with Crippen molar-refractivity contribution in [2.75, 3.05) is 21.3 Å². The summed E-state index contributed by atoms with van der Waals surface area (Å²) in [6.07, 6.45) is 1.75. The quantitative estimate of drug-likeness (QED) is 0.397. The van der Waals surface area contributed by atoms with E-state index in [1.165, 1.54) is 12.1 Å². The van der Waals surface area contributed by atoms with E-state index in [-0.39, 0.29) is 11.6 Å². The molecule has 3 rings (SSSR count). The van der Waals surface area contributed by atoms with E-state index in [0.717, 1.165) is 39.5 Å². The first kappa shape index (κ1) is 24.0. The van der Waals surface area contributed by atoms with Gasteiger partial charge in [-0.2, -0.15) is 0 Å². The molecule has 3 aromatic rings. The molecule has 0 saturated heterocycles. The van der Waals surface area contributed by atoms with Gasteiger partial charge in [-0.1, -0.05) is 18.2 Å². The summed E-state index contributed by atoms with van der Waals surface area (Å²) in [4.78, 5) is 16.1. The molecule has 1 heterocycles. The number of hydrogen-bond acceptors (Lipinski definition) is 4. The van der Waals surface area contributed by atoms with E-state index in [4.69, 9.17) is 9.47 Å². The number of carbonyl (C=O) groups is 1. The number of nitrogens with zero attached hydrogens (tertiary/aromatic N) is 2. The Morgan fingerprint density at radius 2 is 1.77 bits per heavy atom. The highest BCUT2D eigenvalue weighted by Crippen LogP contribution is 2.27. The van der Waals surface area contributed by atoms with Crippen molar-refractivity contribution >= 4 is 12.0 Å². The third kappa shape index (κ3) is 5.89. The molecule has 0 atom stereocenters. The predicted molar refractivity (Wildman–Crippen MR) is 122 cm³/mol. The third-order valence-corrected chi connectivity index (χ3v) is 4.84. The molecular weight excluding hydrogens is 395 g/mol. The van der Waals surface area contributed by atoms with Gasteiger partial charge in [-0.15, -0.1) is 0 Å². The predicted octanol–water partition coefficient (Wildman–Crippen LogP) is 5.33. The van der Waals surface area contributed by atoms with Crippen LogP contribution in [0.1, 0.15) is 39.8 Å². The SMILES string of the molecule is CN=Cc1c(C(C)=O)c(C)n(-c2cccc(OC)c2)c1C.COCc1ccc(F)cc1. The Hall–Kier alpha value is -3.25. The number of ether oxygens (including phenoxy) is 2. The molecule has 0 aliphatic rings. The summed E-state index contributed by atoms with van der Waals surface area (Å²) in [5.74, 6) is 0.627. The highest BCUT2D eigenvalue weighted by Gasteiger charge is 2.20. The lowest BCUT2D eigenvalue weighted by Crippen LogP contribution is -2.01. The van der Waals surface area contributed by atoms with Gasteiger partial charge in [-0.3, -0.25) is 9.79 Å².